The molecule has 1 amide bonds. The minimum Gasteiger partial charge on any atom is -0.432 e. The highest BCUT2D eigenvalue weighted by Gasteiger charge is 2.14. The first-order valence-corrected chi connectivity index (χ1v) is 4.88. The lowest BCUT2D eigenvalue weighted by molar-refractivity contribution is 0.0916. The highest BCUT2D eigenvalue weighted by atomic mass is 16.4. The maximum absolute atomic E-state index is 11.5. The fourth-order valence-electron chi connectivity index (χ4n) is 1.24. The Hall–Kier alpha value is -1.84. The lowest BCUT2D eigenvalue weighted by atomic mass is 10.3. The summed E-state index contributed by atoms with van der Waals surface area (Å²) >= 11 is 0. The molecule has 0 fully saturated rings. The van der Waals surface area contributed by atoms with Crippen LogP contribution < -0.4 is 5.32 Å². The zero-order valence-electron chi connectivity index (χ0n) is 8.43. The molecule has 0 aliphatic carbocycles. The summed E-state index contributed by atoms with van der Waals surface area (Å²) in [6.07, 6.45) is 0.839. The zero-order chi connectivity index (χ0) is 10.7. The number of rotatable bonds is 3. The van der Waals surface area contributed by atoms with Crippen molar-refractivity contribution in [2.75, 3.05) is 6.54 Å². The Balaban J connectivity index is 2.25. The number of carbonyl (C=O) groups is 1. The van der Waals surface area contributed by atoms with E-state index in [1.807, 2.05) is 19.1 Å². The third-order valence-electron chi connectivity index (χ3n) is 1.96. The number of oxazole rings is 1. The molecule has 0 N–H and O–H groups in total. The Morgan fingerprint density at radius 2 is 2.27 bits per heavy atom. The van der Waals surface area contributed by atoms with Crippen LogP contribution in [-0.4, -0.2) is 17.4 Å². The van der Waals surface area contributed by atoms with Crippen molar-refractivity contribution < 1.29 is 9.21 Å². The van der Waals surface area contributed by atoms with Gasteiger partial charge >= 0.3 is 5.91 Å². The molecular weight excluding hydrogens is 192 g/mol. The first-order valence-electron chi connectivity index (χ1n) is 4.88. The van der Waals surface area contributed by atoms with Crippen LogP contribution in [0.5, 0.6) is 0 Å². The first kappa shape index (κ1) is 9.71. The van der Waals surface area contributed by atoms with Crippen molar-refractivity contribution in [1.82, 2.24) is 10.3 Å². The smallest absolute Gasteiger partial charge is 0.328 e. The summed E-state index contributed by atoms with van der Waals surface area (Å²) in [5.41, 5.74) is 1.31. The van der Waals surface area contributed by atoms with Gasteiger partial charge in [0, 0.05) is 6.54 Å². The van der Waals surface area contributed by atoms with Crippen LogP contribution in [-0.2, 0) is 0 Å². The van der Waals surface area contributed by atoms with Crippen LogP contribution in [0.15, 0.2) is 28.7 Å². The lowest BCUT2D eigenvalue weighted by Gasteiger charge is -1.93. The van der Waals surface area contributed by atoms with Crippen molar-refractivity contribution in [3.8, 4) is 0 Å². The van der Waals surface area contributed by atoms with Gasteiger partial charge in [-0.1, -0.05) is 19.1 Å². The minimum atomic E-state index is -0.381. The van der Waals surface area contributed by atoms with Crippen molar-refractivity contribution in [3.63, 3.8) is 0 Å². The molecule has 0 atom stereocenters. The highest BCUT2D eigenvalue weighted by Crippen LogP contribution is 2.14. The summed E-state index contributed by atoms with van der Waals surface area (Å²) in [6, 6.07) is 7.27. The van der Waals surface area contributed by atoms with Gasteiger partial charge in [-0.2, -0.15) is 0 Å². The number of hydrogen-bond donors (Lipinski definition) is 0. The summed E-state index contributed by atoms with van der Waals surface area (Å²) < 4.78 is 5.27. The lowest BCUT2D eigenvalue weighted by Crippen LogP contribution is -2.16. The SMILES string of the molecule is CCC[N]C(=O)c1nc2ccccc2o1. The predicted octanol–water partition coefficient (Wildman–Crippen LogP) is 1.98. The average molecular weight is 203 g/mol. The maximum Gasteiger partial charge on any atom is 0.328 e. The second-order valence-electron chi connectivity index (χ2n) is 3.17. The van der Waals surface area contributed by atoms with Crippen molar-refractivity contribution in [1.29, 1.82) is 0 Å². The summed E-state index contributed by atoms with van der Waals surface area (Å²) in [7, 11) is 0. The van der Waals surface area contributed by atoms with Crippen LogP contribution in [0.2, 0.25) is 0 Å². The predicted molar refractivity (Wildman–Crippen MR) is 55.6 cm³/mol. The van der Waals surface area contributed by atoms with Crippen LogP contribution in [0.25, 0.3) is 11.1 Å². The molecule has 0 aliphatic heterocycles. The van der Waals surface area contributed by atoms with Crippen molar-refractivity contribution >= 4 is 17.0 Å². The van der Waals surface area contributed by atoms with Crippen LogP contribution in [0.3, 0.4) is 0 Å². The molecule has 1 radical (unpaired) electrons. The number of aromatic nitrogens is 1. The first-order chi connectivity index (χ1) is 7.31. The van der Waals surface area contributed by atoms with E-state index in [1.54, 1.807) is 12.1 Å². The third kappa shape index (κ3) is 1.98. The van der Waals surface area contributed by atoms with E-state index in [0.29, 0.717) is 17.6 Å². The van der Waals surface area contributed by atoms with E-state index in [9.17, 15) is 4.79 Å². The molecule has 0 bridgehead atoms. The molecule has 0 saturated carbocycles. The van der Waals surface area contributed by atoms with Crippen LogP contribution in [0.4, 0.5) is 0 Å². The van der Waals surface area contributed by atoms with Gasteiger partial charge in [-0.05, 0) is 18.6 Å². The molecule has 0 aliphatic rings. The number of nitrogens with zero attached hydrogens (tertiary/aromatic N) is 2. The summed E-state index contributed by atoms with van der Waals surface area (Å²) in [5.74, 6) is -0.308. The molecule has 1 aromatic carbocycles. The number of carbonyl (C=O) groups excluding carboxylic acids is 1. The molecule has 1 heterocycles. The molecule has 0 unspecified atom stereocenters. The van der Waals surface area contributed by atoms with Crippen LogP contribution >= 0.6 is 0 Å². The van der Waals surface area contributed by atoms with Gasteiger partial charge in [0.15, 0.2) is 5.58 Å². The molecule has 4 nitrogen and oxygen atoms in total. The Labute approximate surface area is 87.3 Å². The molecule has 1 aromatic heterocycles. The zero-order valence-corrected chi connectivity index (χ0v) is 8.43. The van der Waals surface area contributed by atoms with Gasteiger partial charge in [0.2, 0.25) is 0 Å². The van der Waals surface area contributed by atoms with E-state index < -0.39 is 0 Å². The van der Waals surface area contributed by atoms with E-state index in [-0.39, 0.29) is 11.8 Å². The Morgan fingerprint density at radius 1 is 1.47 bits per heavy atom. The molecule has 15 heavy (non-hydrogen) atoms. The molecular formula is C11H11N2O2. The van der Waals surface area contributed by atoms with E-state index in [2.05, 4.69) is 10.3 Å². The summed E-state index contributed by atoms with van der Waals surface area (Å²) in [6.45, 7) is 2.47. The van der Waals surface area contributed by atoms with E-state index in [4.69, 9.17) is 4.42 Å². The van der Waals surface area contributed by atoms with Crippen molar-refractivity contribution in [2.24, 2.45) is 0 Å². The van der Waals surface area contributed by atoms with Gasteiger partial charge in [0.05, 0.1) is 0 Å². The maximum atomic E-state index is 11.5. The highest BCUT2D eigenvalue weighted by molar-refractivity contribution is 5.92. The number of hydrogen-bond acceptors (Lipinski definition) is 3. The molecule has 77 valence electrons. The molecule has 0 saturated heterocycles. The van der Waals surface area contributed by atoms with E-state index in [0.717, 1.165) is 6.42 Å². The fraction of sp³-hybridized carbons (Fsp3) is 0.273. The summed E-state index contributed by atoms with van der Waals surface area (Å²) in [5, 5.41) is 3.81. The molecule has 2 rings (SSSR count). The third-order valence-corrected chi connectivity index (χ3v) is 1.96. The number of amides is 1. The van der Waals surface area contributed by atoms with Gasteiger partial charge in [-0.3, -0.25) is 4.79 Å². The molecule has 0 spiro atoms. The Kier molecular flexibility index (Phi) is 2.67. The molecule has 2 aromatic rings. The quantitative estimate of drug-likeness (QED) is 0.766. The topological polar surface area (TPSA) is 57.2 Å². The number of fused-ring (bicyclic) bond motifs is 1. The van der Waals surface area contributed by atoms with Gasteiger partial charge in [-0.25, -0.2) is 10.3 Å². The standard InChI is InChI=1S/C11H11N2O2/c1-2-7-12-10(14)11-13-8-5-3-4-6-9(8)15-11/h3-6H,2,7H2,1H3. The van der Waals surface area contributed by atoms with E-state index in [1.165, 1.54) is 0 Å². The minimum absolute atomic E-state index is 0.0738. The molecule has 4 heteroatoms. The monoisotopic (exact) mass is 203 g/mol. The van der Waals surface area contributed by atoms with Gasteiger partial charge in [-0.15, -0.1) is 0 Å². The van der Waals surface area contributed by atoms with Gasteiger partial charge in [0.1, 0.15) is 5.52 Å². The largest absolute Gasteiger partial charge is 0.432 e. The number of benzene rings is 1. The van der Waals surface area contributed by atoms with Crippen LogP contribution in [0, 0.1) is 0 Å². The number of para-hydroxylation sites is 2. The second-order valence-corrected chi connectivity index (χ2v) is 3.17. The second kappa shape index (κ2) is 4.13. The summed E-state index contributed by atoms with van der Waals surface area (Å²) in [4.78, 5) is 15.5. The Bertz CT molecular complexity index is 443. The van der Waals surface area contributed by atoms with Crippen LogP contribution in [0.1, 0.15) is 24.0 Å². The van der Waals surface area contributed by atoms with Gasteiger partial charge < -0.3 is 4.42 Å². The normalized spacial score (nSPS) is 10.5. The van der Waals surface area contributed by atoms with E-state index >= 15 is 0 Å². The average Bonchev–Trinajstić information content (AvgIpc) is 2.69. The van der Waals surface area contributed by atoms with Crippen molar-refractivity contribution in [3.05, 3.63) is 30.2 Å². The Morgan fingerprint density at radius 3 is 3.00 bits per heavy atom. The van der Waals surface area contributed by atoms with Gasteiger partial charge in [0.25, 0.3) is 5.89 Å². The fourth-order valence-corrected chi connectivity index (χ4v) is 1.24. The van der Waals surface area contributed by atoms with Crippen molar-refractivity contribution in [2.45, 2.75) is 13.3 Å².